The van der Waals surface area contributed by atoms with E-state index >= 15 is 0 Å². The third-order valence-electron chi connectivity index (χ3n) is 7.37. The summed E-state index contributed by atoms with van der Waals surface area (Å²) in [5, 5.41) is 9.09. The van der Waals surface area contributed by atoms with E-state index in [0.29, 0.717) is 11.5 Å². The number of hydrogen-bond donors (Lipinski definition) is 1. The molecule has 1 aliphatic carbocycles. The minimum Gasteiger partial charge on any atom is -0.478 e. The molecule has 6 nitrogen and oxygen atoms in total. The van der Waals surface area contributed by atoms with Gasteiger partial charge in [-0.1, -0.05) is 54.1 Å². The Bertz CT molecular complexity index is 1100. The zero-order valence-electron chi connectivity index (χ0n) is 22.5. The Kier molecular flexibility index (Phi) is 8.38. The molecule has 0 unspecified atom stereocenters. The standard InChI is InChI=1S/C31H40N2O4/c1-22(20-24-8-6-5-7-9-24)27-21-28(27)33(30(36)37-31(2,3)4)26-15-18-32(19-16-26)17-14-23-10-12-25(13-11-23)29(34)35/h5-13,20,26-28H,14-19,21H2,1-4H3,(H,34,35)/t27-,28+/m0/s1. The Morgan fingerprint density at radius 2 is 1.70 bits per heavy atom. The van der Waals surface area contributed by atoms with E-state index in [2.05, 4.69) is 47.1 Å². The molecule has 1 saturated carbocycles. The Morgan fingerprint density at radius 3 is 2.30 bits per heavy atom. The summed E-state index contributed by atoms with van der Waals surface area (Å²) < 4.78 is 5.87. The van der Waals surface area contributed by atoms with E-state index < -0.39 is 11.6 Å². The Morgan fingerprint density at radius 1 is 1.05 bits per heavy atom. The zero-order chi connectivity index (χ0) is 26.6. The first kappa shape index (κ1) is 26.9. The molecular formula is C31H40N2O4. The second-order valence-electron chi connectivity index (χ2n) is 11.4. The molecule has 0 aromatic heterocycles. The van der Waals surface area contributed by atoms with E-state index in [1.807, 2.05) is 39.0 Å². The van der Waals surface area contributed by atoms with Gasteiger partial charge < -0.3 is 19.6 Å². The second-order valence-corrected chi connectivity index (χ2v) is 11.4. The fraction of sp³-hybridized carbons (Fsp3) is 0.484. The van der Waals surface area contributed by atoms with E-state index in [-0.39, 0.29) is 18.2 Å². The minimum absolute atomic E-state index is 0.181. The maximum Gasteiger partial charge on any atom is 0.410 e. The molecule has 2 aromatic rings. The van der Waals surface area contributed by atoms with Gasteiger partial charge in [-0.25, -0.2) is 9.59 Å². The van der Waals surface area contributed by atoms with Crippen LogP contribution in [0.1, 0.15) is 68.4 Å². The molecule has 1 aliphatic heterocycles. The van der Waals surface area contributed by atoms with Crippen molar-refractivity contribution in [3.05, 3.63) is 76.9 Å². The molecule has 2 atom stereocenters. The van der Waals surface area contributed by atoms with Crippen molar-refractivity contribution in [3.63, 3.8) is 0 Å². The molecule has 198 valence electrons. The van der Waals surface area contributed by atoms with E-state index in [9.17, 15) is 9.59 Å². The molecule has 2 aliphatic rings. The number of carbonyl (C=O) groups is 2. The van der Waals surface area contributed by atoms with Gasteiger partial charge in [-0.3, -0.25) is 0 Å². The molecule has 0 spiro atoms. The molecule has 0 bridgehead atoms. The highest BCUT2D eigenvalue weighted by molar-refractivity contribution is 5.87. The normalized spacial score (nSPS) is 20.9. The average Bonchev–Trinajstić information content (AvgIpc) is 3.64. The van der Waals surface area contributed by atoms with Gasteiger partial charge in [0.2, 0.25) is 0 Å². The molecule has 1 heterocycles. The lowest BCUT2D eigenvalue weighted by atomic mass is 10.0. The zero-order valence-corrected chi connectivity index (χ0v) is 22.5. The van der Waals surface area contributed by atoms with Crippen molar-refractivity contribution in [3.8, 4) is 0 Å². The van der Waals surface area contributed by atoms with Crippen LogP contribution in [0.25, 0.3) is 6.08 Å². The van der Waals surface area contributed by atoms with Crippen LogP contribution in [0.3, 0.4) is 0 Å². The van der Waals surface area contributed by atoms with E-state index in [4.69, 9.17) is 9.84 Å². The molecule has 1 N–H and O–H groups in total. The number of benzene rings is 2. The lowest BCUT2D eigenvalue weighted by Gasteiger charge is -2.39. The van der Waals surface area contributed by atoms with Gasteiger partial charge in [-0.05, 0) is 76.6 Å². The fourth-order valence-electron chi connectivity index (χ4n) is 5.29. The highest BCUT2D eigenvalue weighted by atomic mass is 16.6. The van der Waals surface area contributed by atoms with Crippen molar-refractivity contribution in [1.82, 2.24) is 9.80 Å². The molecule has 2 aromatic carbocycles. The first-order valence-electron chi connectivity index (χ1n) is 13.4. The maximum absolute atomic E-state index is 13.4. The summed E-state index contributed by atoms with van der Waals surface area (Å²) in [4.78, 5) is 28.9. The Hall–Kier alpha value is -3.12. The first-order chi connectivity index (χ1) is 17.6. The number of carboxylic acid groups (broad SMARTS) is 1. The molecule has 0 radical (unpaired) electrons. The van der Waals surface area contributed by atoms with Crippen LogP contribution in [0.2, 0.25) is 0 Å². The third kappa shape index (κ3) is 7.45. The van der Waals surface area contributed by atoms with Gasteiger partial charge in [0.05, 0.1) is 5.56 Å². The Balaban J connectivity index is 1.36. The van der Waals surface area contributed by atoms with Crippen LogP contribution < -0.4 is 0 Å². The van der Waals surface area contributed by atoms with Crippen LogP contribution in [0, 0.1) is 5.92 Å². The predicted octanol–water partition coefficient (Wildman–Crippen LogP) is 6.12. The topological polar surface area (TPSA) is 70.1 Å². The molecule has 37 heavy (non-hydrogen) atoms. The average molecular weight is 505 g/mol. The highest BCUT2D eigenvalue weighted by Crippen LogP contribution is 2.44. The first-order valence-corrected chi connectivity index (χ1v) is 13.4. The van der Waals surface area contributed by atoms with E-state index in [1.165, 1.54) is 11.1 Å². The molecule has 1 saturated heterocycles. The summed E-state index contributed by atoms with van der Waals surface area (Å²) in [5.41, 5.74) is 3.45. The maximum atomic E-state index is 13.4. The van der Waals surface area contributed by atoms with Gasteiger partial charge in [0.1, 0.15) is 5.60 Å². The smallest absolute Gasteiger partial charge is 0.410 e. The van der Waals surface area contributed by atoms with Crippen LogP contribution >= 0.6 is 0 Å². The van der Waals surface area contributed by atoms with Gasteiger partial charge in [-0.2, -0.15) is 0 Å². The Labute approximate surface area is 220 Å². The SMILES string of the molecule is CC(=Cc1ccccc1)[C@@H]1C[C@H]1N(C(=O)OC(C)(C)C)C1CCN(CCc2ccc(C(=O)O)cc2)CC1. The van der Waals surface area contributed by atoms with Crippen LogP contribution in [-0.2, 0) is 11.2 Å². The van der Waals surface area contributed by atoms with Gasteiger partial charge in [0, 0.05) is 37.6 Å². The molecule has 6 heteroatoms. The van der Waals surface area contributed by atoms with E-state index in [1.54, 1.807) is 12.1 Å². The number of amides is 1. The summed E-state index contributed by atoms with van der Waals surface area (Å²) in [7, 11) is 0. The van der Waals surface area contributed by atoms with Crippen molar-refractivity contribution in [1.29, 1.82) is 0 Å². The number of hydrogen-bond acceptors (Lipinski definition) is 4. The summed E-state index contributed by atoms with van der Waals surface area (Å²) in [6.45, 7) is 10.8. The highest BCUT2D eigenvalue weighted by Gasteiger charge is 2.48. The number of nitrogens with zero attached hydrogens (tertiary/aromatic N) is 2. The molecule has 4 rings (SSSR count). The summed E-state index contributed by atoms with van der Waals surface area (Å²) in [6.07, 6.45) is 5.78. The van der Waals surface area contributed by atoms with Crippen molar-refractivity contribution in [2.45, 2.75) is 71.1 Å². The number of carbonyl (C=O) groups excluding carboxylic acids is 1. The fourth-order valence-corrected chi connectivity index (χ4v) is 5.29. The number of ether oxygens (including phenoxy) is 1. The number of carboxylic acids is 1. The molecule has 2 fully saturated rings. The summed E-state index contributed by atoms with van der Waals surface area (Å²) in [5.74, 6) is -0.522. The van der Waals surface area contributed by atoms with Gasteiger partial charge in [0.25, 0.3) is 0 Å². The predicted molar refractivity (Wildman–Crippen MR) is 147 cm³/mol. The monoisotopic (exact) mass is 504 g/mol. The van der Waals surface area contributed by atoms with Crippen LogP contribution in [-0.4, -0.2) is 64.3 Å². The van der Waals surface area contributed by atoms with Gasteiger partial charge in [-0.15, -0.1) is 0 Å². The number of aromatic carboxylic acids is 1. The molecular weight excluding hydrogens is 464 g/mol. The van der Waals surface area contributed by atoms with Gasteiger partial charge in [0.15, 0.2) is 0 Å². The van der Waals surface area contributed by atoms with Crippen molar-refractivity contribution in [2.75, 3.05) is 19.6 Å². The van der Waals surface area contributed by atoms with Crippen molar-refractivity contribution >= 4 is 18.1 Å². The third-order valence-corrected chi connectivity index (χ3v) is 7.37. The summed E-state index contributed by atoms with van der Waals surface area (Å²) in [6, 6.07) is 17.9. The largest absolute Gasteiger partial charge is 0.478 e. The van der Waals surface area contributed by atoms with E-state index in [0.717, 1.165) is 50.9 Å². The number of likely N-dealkylation sites (tertiary alicyclic amines) is 1. The van der Waals surface area contributed by atoms with Crippen LogP contribution in [0.5, 0.6) is 0 Å². The van der Waals surface area contributed by atoms with Gasteiger partial charge >= 0.3 is 12.1 Å². The quantitative estimate of drug-likeness (QED) is 0.469. The summed E-state index contributed by atoms with van der Waals surface area (Å²) >= 11 is 0. The second kappa shape index (κ2) is 11.5. The number of rotatable bonds is 8. The number of piperidine rings is 1. The van der Waals surface area contributed by atoms with Crippen LogP contribution in [0.4, 0.5) is 4.79 Å². The molecule has 1 amide bonds. The minimum atomic E-state index is -0.896. The van der Waals surface area contributed by atoms with Crippen LogP contribution in [0.15, 0.2) is 60.2 Å². The lowest BCUT2D eigenvalue weighted by molar-refractivity contribution is 0.00492. The van der Waals surface area contributed by atoms with Crippen molar-refractivity contribution in [2.24, 2.45) is 5.92 Å². The van der Waals surface area contributed by atoms with Crippen molar-refractivity contribution < 1.29 is 19.4 Å². The lowest BCUT2D eigenvalue weighted by Crippen LogP contribution is -2.50.